The van der Waals surface area contributed by atoms with E-state index in [1.165, 1.54) is 17.8 Å². The molecule has 2 aromatic heterocycles. The van der Waals surface area contributed by atoms with E-state index in [-0.39, 0.29) is 37.6 Å². The summed E-state index contributed by atoms with van der Waals surface area (Å²) in [6, 6.07) is 17.0. The van der Waals surface area contributed by atoms with Crippen LogP contribution < -0.4 is 14.8 Å². The minimum absolute atomic E-state index is 0.107. The Morgan fingerprint density at radius 2 is 1.87 bits per heavy atom. The first kappa shape index (κ1) is 24.6. The van der Waals surface area contributed by atoms with Gasteiger partial charge in [0.25, 0.3) is 0 Å². The van der Waals surface area contributed by atoms with E-state index < -0.39 is 6.04 Å². The van der Waals surface area contributed by atoms with Crippen molar-refractivity contribution in [3.63, 3.8) is 0 Å². The molecule has 1 atom stereocenters. The molecule has 7 nitrogen and oxygen atoms in total. The Hall–Kier alpha value is -3.78. The van der Waals surface area contributed by atoms with Crippen molar-refractivity contribution in [3.8, 4) is 11.5 Å². The molecule has 2 N–H and O–H groups in total. The van der Waals surface area contributed by atoms with E-state index in [4.69, 9.17) is 9.47 Å². The highest BCUT2D eigenvalue weighted by Gasteiger charge is 2.34. The molecule has 2 aliphatic rings. The summed E-state index contributed by atoms with van der Waals surface area (Å²) in [5.74, 6) is 1.12. The van der Waals surface area contributed by atoms with Crippen LogP contribution in [0.15, 0.2) is 66.2 Å². The first-order valence-electron chi connectivity index (χ1n) is 13.2. The normalized spacial score (nSPS) is 15.9. The van der Waals surface area contributed by atoms with Crippen LogP contribution in [0.3, 0.4) is 0 Å². The Morgan fingerprint density at radius 1 is 1.03 bits per heavy atom. The third-order valence-corrected chi connectivity index (χ3v) is 8.38. The van der Waals surface area contributed by atoms with Crippen molar-refractivity contribution in [2.24, 2.45) is 0 Å². The number of ether oxygens (including phenoxy) is 2. The maximum absolute atomic E-state index is 14.1. The highest BCUT2D eigenvalue weighted by atomic mass is 32.1. The third kappa shape index (κ3) is 5.13. The number of thiophene rings is 1. The maximum atomic E-state index is 14.1. The molecule has 1 saturated carbocycles. The van der Waals surface area contributed by atoms with Crippen LogP contribution in [0.1, 0.15) is 54.1 Å². The van der Waals surface area contributed by atoms with Gasteiger partial charge in [0, 0.05) is 34.6 Å². The summed E-state index contributed by atoms with van der Waals surface area (Å²) in [5, 5.41) is 6.26. The van der Waals surface area contributed by atoms with E-state index in [0.717, 1.165) is 52.6 Å². The molecule has 0 spiro atoms. The summed E-state index contributed by atoms with van der Waals surface area (Å²) >= 11 is 1.50. The number of amides is 2. The van der Waals surface area contributed by atoms with E-state index in [1.54, 1.807) is 4.90 Å². The lowest BCUT2D eigenvalue weighted by Crippen LogP contribution is -2.47. The highest BCUT2D eigenvalue weighted by Crippen LogP contribution is 2.35. The van der Waals surface area contributed by atoms with Gasteiger partial charge >= 0.3 is 0 Å². The van der Waals surface area contributed by atoms with Gasteiger partial charge in [0.15, 0.2) is 11.5 Å². The van der Waals surface area contributed by atoms with Gasteiger partial charge in [-0.25, -0.2) is 0 Å². The number of benzene rings is 2. The number of H-pyrrole nitrogens is 1. The molecule has 0 bridgehead atoms. The molecule has 4 aromatic rings. The number of rotatable bonds is 8. The topological polar surface area (TPSA) is 83.7 Å². The Morgan fingerprint density at radius 3 is 2.71 bits per heavy atom. The maximum Gasteiger partial charge on any atom is 0.248 e. The largest absolute Gasteiger partial charge is 0.454 e. The summed E-state index contributed by atoms with van der Waals surface area (Å²) in [4.78, 5) is 33.8. The number of carbonyl (C=O) groups excluding carboxylic acids is 2. The second-order valence-electron chi connectivity index (χ2n) is 10.0. The van der Waals surface area contributed by atoms with Crippen LogP contribution in [0, 0.1) is 0 Å². The summed E-state index contributed by atoms with van der Waals surface area (Å²) in [5.41, 5.74) is 2.79. The molecule has 8 heteroatoms. The van der Waals surface area contributed by atoms with Crippen LogP contribution in [-0.4, -0.2) is 34.5 Å². The van der Waals surface area contributed by atoms with Crippen molar-refractivity contribution in [2.45, 2.75) is 57.2 Å². The number of fused-ring (bicyclic) bond motifs is 2. The standard InChI is InChI=1S/C30H31N3O4S/c34-28(16-21-17-31-24-10-5-4-9-23(21)24)33(18-20-12-13-25-26(15-20)37-19-36-25)29(27-11-6-14-38-27)30(35)32-22-7-2-1-3-8-22/h4-6,9-15,17,22,29,31H,1-3,7-8,16,18-19H2,(H,32,35). The number of para-hydroxylation sites is 1. The second-order valence-corrected chi connectivity index (χ2v) is 11.0. The van der Waals surface area contributed by atoms with Gasteiger partial charge in [0.2, 0.25) is 18.6 Å². The predicted octanol–water partition coefficient (Wildman–Crippen LogP) is 5.72. The fraction of sp³-hybridized carbons (Fsp3) is 0.333. The van der Waals surface area contributed by atoms with E-state index in [0.29, 0.717) is 11.5 Å². The summed E-state index contributed by atoms with van der Waals surface area (Å²) in [6.07, 6.45) is 7.49. The fourth-order valence-electron chi connectivity index (χ4n) is 5.50. The molecule has 0 saturated heterocycles. The Balaban J connectivity index is 1.34. The van der Waals surface area contributed by atoms with Crippen LogP contribution in [-0.2, 0) is 22.6 Å². The molecular formula is C30H31N3O4S. The summed E-state index contributed by atoms with van der Waals surface area (Å²) in [6.45, 7) is 0.460. The Bertz CT molecular complexity index is 1420. The number of aromatic nitrogens is 1. The zero-order valence-corrected chi connectivity index (χ0v) is 22.0. The summed E-state index contributed by atoms with van der Waals surface area (Å²) in [7, 11) is 0. The minimum atomic E-state index is -0.722. The number of hydrogen-bond donors (Lipinski definition) is 2. The minimum Gasteiger partial charge on any atom is -0.454 e. The van der Waals surface area contributed by atoms with Crippen molar-refractivity contribution in [3.05, 3.63) is 82.2 Å². The van der Waals surface area contributed by atoms with Gasteiger partial charge in [-0.3, -0.25) is 9.59 Å². The van der Waals surface area contributed by atoms with Crippen LogP contribution in [0.5, 0.6) is 11.5 Å². The van der Waals surface area contributed by atoms with Crippen molar-refractivity contribution in [1.82, 2.24) is 15.2 Å². The van der Waals surface area contributed by atoms with Gasteiger partial charge in [0.05, 0.1) is 6.42 Å². The van der Waals surface area contributed by atoms with Crippen LogP contribution in [0.25, 0.3) is 10.9 Å². The van der Waals surface area contributed by atoms with Gasteiger partial charge in [0.1, 0.15) is 6.04 Å². The van der Waals surface area contributed by atoms with E-state index >= 15 is 0 Å². The fourth-order valence-corrected chi connectivity index (χ4v) is 6.33. The van der Waals surface area contributed by atoms with Crippen LogP contribution in [0.4, 0.5) is 0 Å². The van der Waals surface area contributed by atoms with E-state index in [1.807, 2.05) is 66.2 Å². The average molecular weight is 530 g/mol. The number of aromatic amines is 1. The predicted molar refractivity (Wildman–Crippen MR) is 147 cm³/mol. The zero-order valence-electron chi connectivity index (χ0n) is 21.2. The smallest absolute Gasteiger partial charge is 0.248 e. The third-order valence-electron chi connectivity index (χ3n) is 7.45. The molecule has 6 rings (SSSR count). The molecule has 1 aliphatic carbocycles. The van der Waals surface area contributed by atoms with Gasteiger partial charge in [-0.05, 0) is 53.6 Å². The zero-order chi connectivity index (χ0) is 25.9. The number of nitrogens with one attached hydrogen (secondary N) is 2. The second kappa shape index (κ2) is 10.9. The van der Waals surface area contributed by atoms with Gasteiger partial charge in [-0.2, -0.15) is 0 Å². The molecule has 2 amide bonds. The lowest BCUT2D eigenvalue weighted by molar-refractivity contribution is -0.141. The molecular weight excluding hydrogens is 498 g/mol. The lowest BCUT2D eigenvalue weighted by Gasteiger charge is -2.33. The summed E-state index contributed by atoms with van der Waals surface area (Å²) < 4.78 is 11.1. The van der Waals surface area contributed by atoms with Gasteiger partial charge < -0.3 is 24.7 Å². The van der Waals surface area contributed by atoms with Crippen molar-refractivity contribution >= 4 is 34.1 Å². The van der Waals surface area contributed by atoms with Gasteiger partial charge in [-0.1, -0.05) is 49.6 Å². The number of nitrogens with zero attached hydrogens (tertiary/aromatic N) is 1. The molecule has 3 heterocycles. The van der Waals surface area contributed by atoms with Crippen molar-refractivity contribution in [1.29, 1.82) is 0 Å². The molecule has 1 unspecified atom stereocenters. The molecule has 1 fully saturated rings. The highest BCUT2D eigenvalue weighted by molar-refractivity contribution is 7.10. The van der Waals surface area contributed by atoms with E-state index in [2.05, 4.69) is 10.3 Å². The number of hydrogen-bond acceptors (Lipinski definition) is 5. The number of carbonyl (C=O) groups is 2. The molecule has 1 aliphatic heterocycles. The molecule has 38 heavy (non-hydrogen) atoms. The quantitative estimate of drug-likeness (QED) is 0.306. The van der Waals surface area contributed by atoms with Crippen LogP contribution >= 0.6 is 11.3 Å². The first-order chi connectivity index (χ1) is 18.7. The Labute approximate surface area is 225 Å². The lowest BCUT2D eigenvalue weighted by atomic mass is 9.95. The molecule has 0 radical (unpaired) electrons. The Kier molecular flexibility index (Phi) is 7.05. The van der Waals surface area contributed by atoms with Gasteiger partial charge in [-0.15, -0.1) is 11.3 Å². The SMILES string of the molecule is O=C(NC1CCCCC1)C(c1cccs1)N(Cc1ccc2c(c1)OCO2)C(=O)Cc1c[nH]c2ccccc12. The molecule has 196 valence electrons. The van der Waals surface area contributed by atoms with Crippen molar-refractivity contribution in [2.75, 3.05) is 6.79 Å². The first-order valence-corrected chi connectivity index (χ1v) is 14.1. The van der Waals surface area contributed by atoms with E-state index in [9.17, 15) is 9.59 Å². The molecule has 2 aromatic carbocycles. The average Bonchev–Trinajstić information content (AvgIpc) is 3.71. The monoisotopic (exact) mass is 529 g/mol. The van der Waals surface area contributed by atoms with Crippen LogP contribution in [0.2, 0.25) is 0 Å². The van der Waals surface area contributed by atoms with Crippen molar-refractivity contribution < 1.29 is 19.1 Å².